The first-order chi connectivity index (χ1) is 10.8. The highest BCUT2D eigenvalue weighted by atomic mass is 79.9. The van der Waals surface area contributed by atoms with Crippen molar-refractivity contribution in [3.8, 4) is 10.7 Å². The van der Waals surface area contributed by atoms with E-state index in [1.807, 2.05) is 6.07 Å². The quantitative estimate of drug-likeness (QED) is 0.698. The lowest BCUT2D eigenvalue weighted by Gasteiger charge is -2.07. The number of rotatable bonds is 4. The number of hydrogen-bond acceptors (Lipinski definition) is 6. The number of aryl methyl sites for hydroxylation is 2. The first-order valence-corrected chi connectivity index (χ1v) is 9.64. The van der Waals surface area contributed by atoms with Gasteiger partial charge in [0.1, 0.15) is 4.90 Å². The molecule has 0 unspecified atom stereocenters. The van der Waals surface area contributed by atoms with Gasteiger partial charge in [0, 0.05) is 22.0 Å². The predicted octanol–water partition coefficient (Wildman–Crippen LogP) is 3.98. The highest BCUT2D eigenvalue weighted by Gasteiger charge is 2.22. The summed E-state index contributed by atoms with van der Waals surface area (Å²) in [5.74, 6) is 0.822. The normalized spacial score (nSPS) is 11.6. The van der Waals surface area contributed by atoms with Crippen molar-refractivity contribution in [2.75, 3.05) is 4.72 Å². The van der Waals surface area contributed by atoms with Gasteiger partial charge in [-0.25, -0.2) is 8.42 Å². The smallest absolute Gasteiger partial charge is 0.263 e. The van der Waals surface area contributed by atoms with Crippen LogP contribution < -0.4 is 4.72 Å². The molecule has 0 saturated carbocycles. The number of anilines is 1. The summed E-state index contributed by atoms with van der Waals surface area (Å²) < 4.78 is 33.5. The SMILES string of the molecule is Cc1nc(-c2cc(S(=O)(=O)Nc3cccc(Br)c3)c(C)s2)no1. The summed E-state index contributed by atoms with van der Waals surface area (Å²) in [7, 11) is -3.69. The van der Waals surface area contributed by atoms with Gasteiger partial charge in [0.15, 0.2) is 0 Å². The van der Waals surface area contributed by atoms with E-state index in [-0.39, 0.29) is 4.90 Å². The van der Waals surface area contributed by atoms with Crippen molar-refractivity contribution in [3.05, 3.63) is 45.6 Å². The molecule has 6 nitrogen and oxygen atoms in total. The van der Waals surface area contributed by atoms with Crippen LogP contribution in [0.2, 0.25) is 0 Å². The Labute approximate surface area is 145 Å². The van der Waals surface area contributed by atoms with Crippen molar-refractivity contribution >= 4 is 43.0 Å². The van der Waals surface area contributed by atoms with Gasteiger partial charge < -0.3 is 4.52 Å². The van der Waals surface area contributed by atoms with Crippen molar-refractivity contribution in [2.24, 2.45) is 0 Å². The molecular weight excluding hydrogens is 402 g/mol. The zero-order valence-corrected chi connectivity index (χ0v) is 15.4. The van der Waals surface area contributed by atoms with E-state index < -0.39 is 10.0 Å². The first-order valence-electron chi connectivity index (χ1n) is 6.55. The third-order valence-electron chi connectivity index (χ3n) is 2.99. The Kier molecular flexibility index (Phi) is 4.26. The average Bonchev–Trinajstić information content (AvgIpc) is 3.04. The lowest BCUT2D eigenvalue weighted by molar-refractivity contribution is 0.394. The molecule has 23 heavy (non-hydrogen) atoms. The Morgan fingerprint density at radius 3 is 2.70 bits per heavy atom. The molecule has 0 aliphatic rings. The molecular formula is C14H12BrN3O3S2. The van der Waals surface area contributed by atoms with Crippen LogP contribution in [-0.2, 0) is 10.0 Å². The molecule has 0 atom stereocenters. The van der Waals surface area contributed by atoms with Crippen LogP contribution >= 0.6 is 27.3 Å². The molecule has 0 aliphatic carbocycles. The van der Waals surface area contributed by atoms with E-state index in [9.17, 15) is 8.42 Å². The highest BCUT2D eigenvalue weighted by molar-refractivity contribution is 9.10. The van der Waals surface area contributed by atoms with Gasteiger partial charge in [-0.15, -0.1) is 11.3 Å². The Morgan fingerprint density at radius 1 is 1.26 bits per heavy atom. The Morgan fingerprint density at radius 2 is 2.04 bits per heavy atom. The van der Waals surface area contributed by atoms with Gasteiger partial charge in [-0.05, 0) is 31.2 Å². The molecule has 1 N–H and O–H groups in total. The molecule has 0 bridgehead atoms. The molecule has 0 spiro atoms. The second kappa shape index (κ2) is 6.06. The van der Waals surface area contributed by atoms with Crippen LogP contribution in [-0.4, -0.2) is 18.6 Å². The highest BCUT2D eigenvalue weighted by Crippen LogP contribution is 2.33. The van der Waals surface area contributed by atoms with Gasteiger partial charge in [-0.1, -0.05) is 27.2 Å². The summed E-state index contributed by atoms with van der Waals surface area (Å²) in [6, 6.07) is 8.53. The maximum atomic E-state index is 12.6. The molecule has 1 aromatic carbocycles. The van der Waals surface area contributed by atoms with Gasteiger partial charge in [0.05, 0.1) is 4.88 Å². The summed E-state index contributed by atoms with van der Waals surface area (Å²) in [4.78, 5) is 5.64. The average molecular weight is 414 g/mol. The van der Waals surface area contributed by atoms with Crippen LogP contribution in [0.25, 0.3) is 10.7 Å². The van der Waals surface area contributed by atoms with E-state index in [4.69, 9.17) is 4.52 Å². The van der Waals surface area contributed by atoms with Crippen LogP contribution in [0, 0.1) is 13.8 Å². The zero-order valence-electron chi connectivity index (χ0n) is 12.2. The van der Waals surface area contributed by atoms with Gasteiger partial charge >= 0.3 is 0 Å². The van der Waals surface area contributed by atoms with E-state index >= 15 is 0 Å². The predicted molar refractivity (Wildman–Crippen MR) is 92.0 cm³/mol. The van der Waals surface area contributed by atoms with Crippen LogP contribution in [0.1, 0.15) is 10.8 Å². The second-order valence-corrected chi connectivity index (χ2v) is 8.61. The first kappa shape index (κ1) is 16.2. The molecule has 3 rings (SSSR count). The van der Waals surface area contributed by atoms with Crippen molar-refractivity contribution in [2.45, 2.75) is 18.7 Å². The minimum atomic E-state index is -3.69. The summed E-state index contributed by atoms with van der Waals surface area (Å²) in [5.41, 5.74) is 0.488. The van der Waals surface area contributed by atoms with Crippen LogP contribution in [0.5, 0.6) is 0 Å². The number of benzene rings is 1. The molecule has 0 aliphatic heterocycles. The number of hydrogen-bond donors (Lipinski definition) is 1. The molecule has 0 saturated heterocycles. The maximum absolute atomic E-state index is 12.6. The Bertz CT molecular complexity index is 963. The summed E-state index contributed by atoms with van der Waals surface area (Å²) >= 11 is 4.63. The fourth-order valence-corrected chi connectivity index (χ4v) is 4.97. The van der Waals surface area contributed by atoms with Gasteiger partial charge in [-0.3, -0.25) is 4.72 Å². The molecule has 0 fully saturated rings. The van der Waals surface area contributed by atoms with E-state index in [2.05, 4.69) is 30.8 Å². The number of nitrogens with zero attached hydrogens (tertiary/aromatic N) is 2. The number of halogens is 1. The van der Waals surface area contributed by atoms with Gasteiger partial charge in [0.25, 0.3) is 10.0 Å². The van der Waals surface area contributed by atoms with E-state index in [0.29, 0.717) is 27.2 Å². The lowest BCUT2D eigenvalue weighted by Crippen LogP contribution is -2.13. The number of aromatic nitrogens is 2. The zero-order chi connectivity index (χ0) is 16.6. The Balaban J connectivity index is 1.95. The van der Waals surface area contributed by atoms with Crippen LogP contribution in [0.3, 0.4) is 0 Å². The molecule has 9 heteroatoms. The van der Waals surface area contributed by atoms with Crippen molar-refractivity contribution < 1.29 is 12.9 Å². The second-order valence-electron chi connectivity index (χ2n) is 4.78. The lowest BCUT2D eigenvalue weighted by atomic mass is 10.3. The van der Waals surface area contributed by atoms with Gasteiger partial charge in [0.2, 0.25) is 11.7 Å². The van der Waals surface area contributed by atoms with Gasteiger partial charge in [-0.2, -0.15) is 4.98 Å². The van der Waals surface area contributed by atoms with Crippen molar-refractivity contribution in [3.63, 3.8) is 0 Å². The van der Waals surface area contributed by atoms with Crippen LogP contribution in [0.4, 0.5) is 5.69 Å². The summed E-state index contributed by atoms with van der Waals surface area (Å²) in [6.07, 6.45) is 0. The number of nitrogens with one attached hydrogen (secondary N) is 1. The van der Waals surface area contributed by atoms with Crippen molar-refractivity contribution in [1.29, 1.82) is 0 Å². The van der Waals surface area contributed by atoms with E-state index in [1.54, 1.807) is 38.1 Å². The number of thiophene rings is 1. The monoisotopic (exact) mass is 413 g/mol. The largest absolute Gasteiger partial charge is 0.339 e. The van der Waals surface area contributed by atoms with Crippen LogP contribution in [0.15, 0.2) is 44.2 Å². The Hall–Kier alpha value is -1.71. The summed E-state index contributed by atoms with van der Waals surface area (Å²) in [5, 5.41) is 3.82. The minimum Gasteiger partial charge on any atom is -0.339 e. The molecule has 0 amide bonds. The minimum absolute atomic E-state index is 0.208. The third kappa shape index (κ3) is 3.46. The maximum Gasteiger partial charge on any atom is 0.263 e. The molecule has 3 aromatic rings. The fourth-order valence-electron chi connectivity index (χ4n) is 2.00. The topological polar surface area (TPSA) is 85.1 Å². The third-order valence-corrected chi connectivity index (χ3v) is 6.16. The number of sulfonamides is 1. The molecule has 2 aromatic heterocycles. The molecule has 2 heterocycles. The molecule has 120 valence electrons. The van der Waals surface area contributed by atoms with E-state index in [1.165, 1.54) is 11.3 Å². The standard InChI is InChI=1S/C14H12BrN3O3S2/c1-8-13(7-12(22-8)14-16-9(2)21-17-14)23(19,20)18-11-5-3-4-10(15)6-11/h3-7,18H,1-2H3. The van der Waals surface area contributed by atoms with Crippen molar-refractivity contribution in [1.82, 2.24) is 10.1 Å². The van der Waals surface area contributed by atoms with E-state index in [0.717, 1.165) is 4.47 Å². The molecule has 0 radical (unpaired) electrons. The summed E-state index contributed by atoms with van der Waals surface area (Å²) in [6.45, 7) is 3.43. The fraction of sp³-hybridized carbons (Fsp3) is 0.143.